The van der Waals surface area contributed by atoms with Gasteiger partial charge < -0.3 is 9.84 Å². The molecule has 2 aromatic rings. The Bertz CT molecular complexity index is 722. The van der Waals surface area contributed by atoms with Crippen LogP contribution in [0.5, 0.6) is 5.75 Å². The molecule has 2 amide bonds. The van der Waals surface area contributed by atoms with Gasteiger partial charge in [0.05, 0.1) is 0 Å². The van der Waals surface area contributed by atoms with E-state index < -0.39 is 0 Å². The van der Waals surface area contributed by atoms with Crippen LogP contribution in [-0.2, 0) is 4.74 Å². The van der Waals surface area contributed by atoms with Gasteiger partial charge in [-0.2, -0.15) is 0 Å². The molecule has 0 spiro atoms. The molecule has 0 saturated carbocycles. The average molecular weight is 307 g/mol. The number of amides is 2. The first-order valence-corrected chi connectivity index (χ1v) is 6.73. The summed E-state index contributed by atoms with van der Waals surface area (Å²) in [4.78, 5) is 26.2. The fourth-order valence-corrected chi connectivity index (χ4v) is 2.69. The fraction of sp³-hybridized carbons (Fsp3) is 0.250. The van der Waals surface area contributed by atoms with Gasteiger partial charge >= 0.3 is 29.6 Å². The Balaban J connectivity index is 0.00000176. The molecule has 5 nitrogen and oxygen atoms in total. The third-order valence-corrected chi connectivity index (χ3v) is 3.68. The van der Waals surface area contributed by atoms with E-state index in [0.29, 0.717) is 41.5 Å². The number of ether oxygens (including phenoxy) is 1. The van der Waals surface area contributed by atoms with Gasteiger partial charge in [-0.3, -0.25) is 14.5 Å². The van der Waals surface area contributed by atoms with Crippen LogP contribution in [0.15, 0.2) is 30.3 Å². The number of rotatable bonds is 4. The topological polar surface area (TPSA) is 69.7 Å². The number of hydrogen-bond donors (Lipinski definition) is 0. The fourth-order valence-electron chi connectivity index (χ4n) is 2.69. The van der Waals surface area contributed by atoms with Gasteiger partial charge in [0, 0.05) is 36.8 Å². The summed E-state index contributed by atoms with van der Waals surface area (Å²) in [6.07, 6.45) is 0.582. The monoisotopic (exact) mass is 307 g/mol. The van der Waals surface area contributed by atoms with Gasteiger partial charge in [0.25, 0.3) is 11.8 Å². The van der Waals surface area contributed by atoms with Crippen LogP contribution < -0.4 is 34.7 Å². The van der Waals surface area contributed by atoms with Gasteiger partial charge in [-0.25, -0.2) is 0 Å². The van der Waals surface area contributed by atoms with Crippen LogP contribution in [0.4, 0.5) is 0 Å². The molecule has 0 aliphatic carbocycles. The van der Waals surface area contributed by atoms with Crippen LogP contribution in [0.1, 0.15) is 27.1 Å². The molecule has 3 rings (SSSR count). The Morgan fingerprint density at radius 2 is 1.77 bits per heavy atom. The zero-order valence-corrected chi connectivity index (χ0v) is 14.6. The van der Waals surface area contributed by atoms with Crippen molar-refractivity contribution in [3.05, 3.63) is 41.5 Å². The van der Waals surface area contributed by atoms with Gasteiger partial charge in [-0.1, -0.05) is 18.2 Å². The number of carbonyl (C=O) groups is 2. The number of hydrogen-bond acceptors (Lipinski definition) is 4. The standard InChI is InChI=1S/C16H15NO4.Na/c1-21-9-3-8-17-15(19)11-5-2-4-10-13(18)7-6-12(14(10)11)16(17)20;/h2,4-7,18H,3,8-9H2,1H3;/q;+1/p-1. The van der Waals surface area contributed by atoms with E-state index in [1.165, 1.54) is 17.0 Å². The zero-order valence-electron chi connectivity index (χ0n) is 12.6. The second-order valence-corrected chi connectivity index (χ2v) is 4.95. The van der Waals surface area contributed by atoms with Crippen molar-refractivity contribution < 1.29 is 49.0 Å². The summed E-state index contributed by atoms with van der Waals surface area (Å²) in [6, 6.07) is 7.85. The Morgan fingerprint density at radius 3 is 2.45 bits per heavy atom. The first kappa shape index (κ1) is 17.0. The SMILES string of the molecule is COCCCN1C(=O)c2cccc3c([O-])ccc(c23)C1=O.[Na+]. The molecule has 0 atom stereocenters. The van der Waals surface area contributed by atoms with Crippen molar-refractivity contribution in [1.82, 2.24) is 4.90 Å². The number of methoxy groups -OCH3 is 1. The molecule has 0 radical (unpaired) electrons. The van der Waals surface area contributed by atoms with E-state index in [1.807, 2.05) is 0 Å². The van der Waals surface area contributed by atoms with E-state index in [-0.39, 0.29) is 47.1 Å². The Hall–Kier alpha value is -1.40. The molecule has 1 heterocycles. The normalized spacial score (nSPS) is 13.4. The minimum absolute atomic E-state index is 0. The zero-order chi connectivity index (χ0) is 15.0. The number of benzene rings is 2. The molecule has 0 aromatic heterocycles. The van der Waals surface area contributed by atoms with Crippen LogP contribution >= 0.6 is 0 Å². The van der Waals surface area contributed by atoms with E-state index in [0.717, 1.165) is 0 Å². The summed E-state index contributed by atoms with van der Waals surface area (Å²) in [5, 5.41) is 12.8. The molecule has 0 bridgehead atoms. The molecule has 6 heteroatoms. The van der Waals surface area contributed by atoms with Gasteiger partial charge in [0.1, 0.15) is 0 Å². The van der Waals surface area contributed by atoms with Crippen LogP contribution in [0.3, 0.4) is 0 Å². The van der Waals surface area contributed by atoms with E-state index in [9.17, 15) is 14.7 Å². The van der Waals surface area contributed by atoms with Gasteiger partial charge in [0.15, 0.2) is 0 Å². The maximum atomic E-state index is 12.5. The van der Waals surface area contributed by atoms with Crippen molar-refractivity contribution in [3.8, 4) is 5.75 Å². The van der Waals surface area contributed by atoms with Crippen LogP contribution in [-0.4, -0.2) is 37.0 Å². The molecular formula is C16H14NNaO4. The van der Waals surface area contributed by atoms with Crippen molar-refractivity contribution in [3.63, 3.8) is 0 Å². The number of nitrogens with zero attached hydrogens (tertiary/aromatic N) is 1. The number of imide groups is 1. The van der Waals surface area contributed by atoms with Crippen molar-refractivity contribution in [2.75, 3.05) is 20.3 Å². The van der Waals surface area contributed by atoms with Gasteiger partial charge in [-0.05, 0) is 23.9 Å². The van der Waals surface area contributed by atoms with Crippen molar-refractivity contribution in [2.24, 2.45) is 0 Å². The molecule has 0 saturated heterocycles. The van der Waals surface area contributed by atoms with E-state index in [4.69, 9.17) is 4.74 Å². The smallest absolute Gasteiger partial charge is 0.872 e. The minimum Gasteiger partial charge on any atom is -0.872 e. The molecule has 0 unspecified atom stereocenters. The molecule has 108 valence electrons. The third kappa shape index (κ3) is 2.65. The van der Waals surface area contributed by atoms with Crippen molar-refractivity contribution in [1.29, 1.82) is 0 Å². The van der Waals surface area contributed by atoms with Crippen molar-refractivity contribution >= 4 is 22.6 Å². The van der Waals surface area contributed by atoms with Crippen LogP contribution in [0.25, 0.3) is 10.8 Å². The van der Waals surface area contributed by atoms with Gasteiger partial charge in [-0.15, -0.1) is 5.75 Å². The van der Waals surface area contributed by atoms with E-state index in [1.54, 1.807) is 25.3 Å². The maximum Gasteiger partial charge on any atom is 1.00 e. The second kappa shape index (κ2) is 6.79. The Labute approximate surface area is 150 Å². The molecule has 0 fully saturated rings. The van der Waals surface area contributed by atoms with E-state index >= 15 is 0 Å². The Kier molecular flexibility index (Phi) is 5.24. The summed E-state index contributed by atoms with van der Waals surface area (Å²) < 4.78 is 4.96. The third-order valence-electron chi connectivity index (χ3n) is 3.68. The predicted octanol–water partition coefficient (Wildman–Crippen LogP) is -1.45. The molecule has 1 aliphatic heterocycles. The summed E-state index contributed by atoms with van der Waals surface area (Å²) in [5.41, 5.74) is 0.828. The molecular weight excluding hydrogens is 293 g/mol. The van der Waals surface area contributed by atoms with Gasteiger partial charge in [0.2, 0.25) is 0 Å². The summed E-state index contributed by atoms with van der Waals surface area (Å²) in [5.74, 6) is -0.872. The van der Waals surface area contributed by atoms with Crippen LogP contribution in [0, 0.1) is 0 Å². The van der Waals surface area contributed by atoms with Crippen LogP contribution in [0.2, 0.25) is 0 Å². The largest absolute Gasteiger partial charge is 1.00 e. The molecule has 0 N–H and O–H groups in total. The van der Waals surface area contributed by atoms with E-state index in [2.05, 4.69) is 0 Å². The first-order valence-electron chi connectivity index (χ1n) is 6.73. The molecule has 22 heavy (non-hydrogen) atoms. The summed E-state index contributed by atoms with van der Waals surface area (Å²) in [6.45, 7) is 0.786. The quantitative estimate of drug-likeness (QED) is 0.394. The predicted molar refractivity (Wildman–Crippen MR) is 75.3 cm³/mol. The minimum atomic E-state index is -0.347. The maximum absolute atomic E-state index is 12.5. The van der Waals surface area contributed by atoms with Crippen molar-refractivity contribution in [2.45, 2.75) is 6.42 Å². The first-order chi connectivity index (χ1) is 10.1. The summed E-state index contributed by atoms with van der Waals surface area (Å²) in [7, 11) is 1.58. The average Bonchev–Trinajstić information content (AvgIpc) is 2.49. The summed E-state index contributed by atoms with van der Waals surface area (Å²) >= 11 is 0. The Morgan fingerprint density at radius 1 is 1.09 bits per heavy atom. The second-order valence-electron chi connectivity index (χ2n) is 4.95. The number of carbonyl (C=O) groups excluding carboxylic acids is 2. The molecule has 2 aromatic carbocycles. The molecule has 1 aliphatic rings.